The van der Waals surface area contributed by atoms with Gasteiger partial charge < -0.3 is 16.4 Å². The molecule has 0 aliphatic heterocycles. The minimum absolute atomic E-state index is 0.507. The zero-order chi connectivity index (χ0) is 13.5. The highest BCUT2D eigenvalue weighted by Crippen LogP contribution is 2.20. The van der Waals surface area contributed by atoms with Gasteiger partial charge in [-0.3, -0.25) is 4.98 Å². The number of urea groups is 1. The van der Waals surface area contributed by atoms with Gasteiger partial charge in [-0.1, -0.05) is 6.07 Å². The Balaban J connectivity index is 1.80. The van der Waals surface area contributed by atoms with E-state index in [0.717, 1.165) is 16.4 Å². The first-order valence-electron chi connectivity index (χ1n) is 5.85. The SMILES string of the molecule is NC(=O)NCCNCc1csc(-c2ccccn2)n1. The lowest BCUT2D eigenvalue weighted by Crippen LogP contribution is -2.35. The number of carbonyl (C=O) groups excluding carboxylic acids is 1. The smallest absolute Gasteiger partial charge is 0.312 e. The first-order chi connectivity index (χ1) is 9.25. The van der Waals surface area contributed by atoms with E-state index in [2.05, 4.69) is 20.6 Å². The van der Waals surface area contributed by atoms with E-state index in [0.29, 0.717) is 19.6 Å². The number of nitrogens with zero attached hydrogens (tertiary/aromatic N) is 2. The van der Waals surface area contributed by atoms with Crippen LogP contribution in [0.25, 0.3) is 10.7 Å². The lowest BCUT2D eigenvalue weighted by molar-refractivity contribution is 0.249. The molecule has 6 nitrogen and oxygen atoms in total. The molecule has 19 heavy (non-hydrogen) atoms. The van der Waals surface area contributed by atoms with Crippen molar-refractivity contribution in [1.82, 2.24) is 20.6 Å². The molecule has 2 amide bonds. The van der Waals surface area contributed by atoms with Crippen LogP contribution in [0.15, 0.2) is 29.8 Å². The molecule has 0 aliphatic rings. The summed E-state index contributed by atoms with van der Waals surface area (Å²) in [6, 6.07) is 5.25. The summed E-state index contributed by atoms with van der Waals surface area (Å²) in [7, 11) is 0. The molecular formula is C12H15N5OS. The van der Waals surface area contributed by atoms with Crippen LogP contribution in [0.4, 0.5) is 4.79 Å². The first kappa shape index (κ1) is 13.4. The van der Waals surface area contributed by atoms with Crippen LogP contribution < -0.4 is 16.4 Å². The van der Waals surface area contributed by atoms with Gasteiger partial charge >= 0.3 is 6.03 Å². The topological polar surface area (TPSA) is 92.9 Å². The molecule has 0 radical (unpaired) electrons. The van der Waals surface area contributed by atoms with Crippen LogP contribution in [-0.4, -0.2) is 29.1 Å². The molecule has 100 valence electrons. The van der Waals surface area contributed by atoms with E-state index in [1.807, 2.05) is 23.6 Å². The standard InChI is InChI=1S/C12H15N5OS/c13-12(18)16-6-5-14-7-9-8-19-11(17-9)10-3-1-2-4-15-10/h1-4,8,14H,5-7H2,(H3,13,16,18). The van der Waals surface area contributed by atoms with E-state index < -0.39 is 6.03 Å². The molecule has 0 unspecified atom stereocenters. The number of pyridine rings is 1. The molecule has 2 heterocycles. The minimum atomic E-state index is -0.507. The Hall–Kier alpha value is -1.99. The molecule has 0 fully saturated rings. The summed E-state index contributed by atoms with van der Waals surface area (Å²) in [6.07, 6.45) is 1.75. The van der Waals surface area contributed by atoms with Gasteiger partial charge in [-0.05, 0) is 12.1 Å². The van der Waals surface area contributed by atoms with Crippen molar-refractivity contribution < 1.29 is 4.79 Å². The van der Waals surface area contributed by atoms with E-state index in [-0.39, 0.29) is 0 Å². The van der Waals surface area contributed by atoms with Gasteiger partial charge in [0.15, 0.2) is 0 Å². The number of aromatic nitrogens is 2. The van der Waals surface area contributed by atoms with Crippen molar-refractivity contribution in [3.05, 3.63) is 35.5 Å². The van der Waals surface area contributed by atoms with Gasteiger partial charge in [-0.25, -0.2) is 9.78 Å². The van der Waals surface area contributed by atoms with Crippen LogP contribution in [0.1, 0.15) is 5.69 Å². The number of thiazole rings is 1. The number of amides is 2. The number of rotatable bonds is 6. The molecule has 2 rings (SSSR count). The van der Waals surface area contributed by atoms with Gasteiger partial charge in [-0.15, -0.1) is 11.3 Å². The average Bonchev–Trinajstić information content (AvgIpc) is 2.88. The molecule has 0 saturated heterocycles. The van der Waals surface area contributed by atoms with Crippen LogP contribution in [0.5, 0.6) is 0 Å². The lowest BCUT2D eigenvalue weighted by Gasteiger charge is -2.02. The maximum atomic E-state index is 10.5. The Morgan fingerprint density at radius 2 is 2.26 bits per heavy atom. The fraction of sp³-hybridized carbons (Fsp3) is 0.250. The summed E-state index contributed by atoms with van der Waals surface area (Å²) in [6.45, 7) is 1.82. The minimum Gasteiger partial charge on any atom is -0.352 e. The van der Waals surface area contributed by atoms with Gasteiger partial charge in [0.05, 0.1) is 11.4 Å². The molecule has 7 heteroatoms. The third kappa shape index (κ3) is 4.31. The fourth-order valence-electron chi connectivity index (χ4n) is 1.49. The van der Waals surface area contributed by atoms with Crippen molar-refractivity contribution in [1.29, 1.82) is 0 Å². The van der Waals surface area contributed by atoms with E-state index >= 15 is 0 Å². The van der Waals surface area contributed by atoms with Gasteiger partial charge in [-0.2, -0.15) is 0 Å². The Morgan fingerprint density at radius 3 is 3.00 bits per heavy atom. The maximum Gasteiger partial charge on any atom is 0.312 e. The summed E-state index contributed by atoms with van der Waals surface area (Å²) in [4.78, 5) is 19.2. The van der Waals surface area contributed by atoms with Gasteiger partial charge in [0.2, 0.25) is 0 Å². The Morgan fingerprint density at radius 1 is 1.37 bits per heavy atom. The highest BCUT2D eigenvalue weighted by Gasteiger charge is 2.04. The summed E-state index contributed by atoms with van der Waals surface area (Å²) < 4.78 is 0. The van der Waals surface area contributed by atoms with E-state index in [1.165, 1.54) is 0 Å². The van der Waals surface area contributed by atoms with E-state index in [9.17, 15) is 4.79 Å². The van der Waals surface area contributed by atoms with Crippen molar-refractivity contribution in [3.8, 4) is 10.7 Å². The number of nitrogens with two attached hydrogens (primary N) is 1. The van der Waals surface area contributed by atoms with Gasteiger partial charge in [0.1, 0.15) is 5.01 Å². The molecule has 2 aromatic heterocycles. The summed E-state index contributed by atoms with van der Waals surface area (Å²) in [5.74, 6) is 0. The highest BCUT2D eigenvalue weighted by molar-refractivity contribution is 7.13. The van der Waals surface area contributed by atoms with Gasteiger partial charge in [0.25, 0.3) is 0 Å². The van der Waals surface area contributed by atoms with Crippen molar-refractivity contribution in [2.75, 3.05) is 13.1 Å². The van der Waals surface area contributed by atoms with Crippen molar-refractivity contribution in [2.24, 2.45) is 5.73 Å². The normalized spacial score (nSPS) is 10.3. The van der Waals surface area contributed by atoms with Gasteiger partial charge in [0, 0.05) is 31.2 Å². The second-order valence-corrected chi connectivity index (χ2v) is 4.68. The zero-order valence-electron chi connectivity index (χ0n) is 10.3. The number of carbonyl (C=O) groups is 1. The molecule has 0 atom stereocenters. The predicted octanol–water partition coefficient (Wildman–Crippen LogP) is 0.963. The third-order valence-electron chi connectivity index (χ3n) is 2.34. The Bertz CT molecular complexity index is 528. The molecule has 2 aromatic rings. The number of hydrogen-bond acceptors (Lipinski definition) is 5. The number of nitrogens with one attached hydrogen (secondary N) is 2. The lowest BCUT2D eigenvalue weighted by atomic mass is 10.3. The zero-order valence-corrected chi connectivity index (χ0v) is 11.1. The van der Waals surface area contributed by atoms with Crippen LogP contribution in [-0.2, 0) is 6.54 Å². The maximum absolute atomic E-state index is 10.5. The van der Waals surface area contributed by atoms with Crippen molar-refractivity contribution in [3.63, 3.8) is 0 Å². The second-order valence-electron chi connectivity index (χ2n) is 3.83. The molecule has 0 spiro atoms. The van der Waals surface area contributed by atoms with Crippen molar-refractivity contribution in [2.45, 2.75) is 6.54 Å². The summed E-state index contributed by atoms with van der Waals surface area (Å²) >= 11 is 1.57. The quantitative estimate of drug-likeness (QED) is 0.686. The Kier molecular flexibility index (Phi) is 4.82. The first-order valence-corrected chi connectivity index (χ1v) is 6.73. The number of hydrogen-bond donors (Lipinski definition) is 3. The molecular weight excluding hydrogens is 262 g/mol. The predicted molar refractivity (Wildman–Crippen MR) is 74.6 cm³/mol. The molecule has 0 aromatic carbocycles. The molecule has 0 aliphatic carbocycles. The molecule has 0 bridgehead atoms. The Labute approximate surface area is 115 Å². The molecule has 0 saturated carbocycles. The van der Waals surface area contributed by atoms with Crippen LogP contribution in [0, 0.1) is 0 Å². The average molecular weight is 277 g/mol. The van der Waals surface area contributed by atoms with Crippen LogP contribution in [0.2, 0.25) is 0 Å². The van der Waals surface area contributed by atoms with E-state index in [1.54, 1.807) is 17.5 Å². The summed E-state index contributed by atoms with van der Waals surface area (Å²) in [5.41, 5.74) is 6.80. The van der Waals surface area contributed by atoms with Crippen LogP contribution in [0.3, 0.4) is 0 Å². The third-order valence-corrected chi connectivity index (χ3v) is 3.26. The van der Waals surface area contributed by atoms with E-state index in [4.69, 9.17) is 5.73 Å². The fourth-order valence-corrected chi connectivity index (χ4v) is 2.28. The largest absolute Gasteiger partial charge is 0.352 e. The van der Waals surface area contributed by atoms with Crippen LogP contribution >= 0.6 is 11.3 Å². The number of primary amides is 1. The van der Waals surface area contributed by atoms with Crippen molar-refractivity contribution >= 4 is 17.4 Å². The highest BCUT2D eigenvalue weighted by atomic mass is 32.1. The summed E-state index contributed by atoms with van der Waals surface area (Å²) in [5, 5.41) is 8.60. The monoisotopic (exact) mass is 277 g/mol. The molecule has 4 N–H and O–H groups in total. The second kappa shape index (κ2) is 6.81.